The molecule has 0 aliphatic carbocycles. The summed E-state index contributed by atoms with van der Waals surface area (Å²) in [5, 5.41) is 0. The summed E-state index contributed by atoms with van der Waals surface area (Å²) >= 11 is 0. The fourth-order valence-electron chi connectivity index (χ4n) is 1.11. The van der Waals surface area contributed by atoms with Gasteiger partial charge in [-0.25, -0.2) is 0 Å². The maximum Gasteiger partial charge on any atom is 0.0644 e. The fraction of sp³-hybridized carbons (Fsp3) is 1.00. The first-order valence-corrected chi connectivity index (χ1v) is 3.61. The first kappa shape index (κ1) is 7.98. The summed E-state index contributed by atoms with van der Waals surface area (Å²) in [6.45, 7) is 3.46. The van der Waals surface area contributed by atoms with E-state index in [0.29, 0.717) is 6.04 Å². The molecule has 3 heteroatoms. The number of likely N-dealkylation sites (N-methyl/N-ethyl adjacent to an activating group) is 1. The Hall–Kier alpha value is -0.120. The molecule has 3 nitrogen and oxygen atoms in total. The highest BCUT2D eigenvalue weighted by molar-refractivity contribution is 4.70. The number of nitrogens with zero attached hydrogens (tertiary/aromatic N) is 1. The summed E-state index contributed by atoms with van der Waals surface area (Å²) in [5.74, 6) is 0. The zero-order valence-electron chi connectivity index (χ0n) is 6.67. The third kappa shape index (κ3) is 1.94. The van der Waals surface area contributed by atoms with Crippen LogP contribution in [0.3, 0.4) is 0 Å². The molecule has 0 saturated carbocycles. The van der Waals surface area contributed by atoms with Gasteiger partial charge < -0.3 is 9.47 Å². The molecule has 0 aromatic rings. The predicted octanol–water partition coefficient (Wildman–Crippen LogP) is -0.0366. The SMILES string of the molecule is COC[C@H]1COCCN1C. The summed E-state index contributed by atoms with van der Waals surface area (Å²) < 4.78 is 10.3. The van der Waals surface area contributed by atoms with Crippen molar-refractivity contribution >= 4 is 0 Å². The van der Waals surface area contributed by atoms with Crippen LogP contribution in [0.5, 0.6) is 0 Å². The van der Waals surface area contributed by atoms with E-state index >= 15 is 0 Å². The Kier molecular flexibility index (Phi) is 3.12. The van der Waals surface area contributed by atoms with Crippen LogP contribution in [0, 0.1) is 0 Å². The van der Waals surface area contributed by atoms with Gasteiger partial charge in [-0.15, -0.1) is 0 Å². The van der Waals surface area contributed by atoms with Crippen molar-refractivity contribution in [2.45, 2.75) is 6.04 Å². The van der Waals surface area contributed by atoms with E-state index in [1.54, 1.807) is 7.11 Å². The molecule has 0 radical (unpaired) electrons. The highest BCUT2D eigenvalue weighted by atomic mass is 16.5. The quantitative estimate of drug-likeness (QED) is 0.544. The lowest BCUT2D eigenvalue weighted by atomic mass is 10.2. The van der Waals surface area contributed by atoms with Gasteiger partial charge in [-0.1, -0.05) is 0 Å². The number of rotatable bonds is 2. The molecule has 1 saturated heterocycles. The number of hydrogen-bond acceptors (Lipinski definition) is 3. The lowest BCUT2D eigenvalue weighted by molar-refractivity contribution is -0.0231. The highest BCUT2D eigenvalue weighted by Gasteiger charge is 2.18. The maximum absolute atomic E-state index is 5.28. The van der Waals surface area contributed by atoms with E-state index in [-0.39, 0.29) is 0 Å². The maximum atomic E-state index is 5.28. The zero-order chi connectivity index (χ0) is 7.40. The molecule has 0 unspecified atom stereocenters. The van der Waals surface area contributed by atoms with Crippen molar-refractivity contribution in [3.63, 3.8) is 0 Å². The average Bonchev–Trinajstić information content (AvgIpc) is 1.94. The first-order valence-electron chi connectivity index (χ1n) is 3.61. The van der Waals surface area contributed by atoms with E-state index in [4.69, 9.17) is 9.47 Å². The normalized spacial score (nSPS) is 28.8. The number of methoxy groups -OCH3 is 1. The molecule has 1 atom stereocenters. The Morgan fingerprint density at radius 1 is 1.70 bits per heavy atom. The van der Waals surface area contributed by atoms with Gasteiger partial charge >= 0.3 is 0 Å². The average molecular weight is 145 g/mol. The van der Waals surface area contributed by atoms with Crippen molar-refractivity contribution in [1.82, 2.24) is 4.90 Å². The third-order valence-electron chi connectivity index (χ3n) is 1.88. The minimum absolute atomic E-state index is 0.457. The van der Waals surface area contributed by atoms with Crippen molar-refractivity contribution in [2.75, 3.05) is 40.5 Å². The molecule has 0 amide bonds. The van der Waals surface area contributed by atoms with Gasteiger partial charge in [-0.05, 0) is 7.05 Å². The molecule has 1 aliphatic rings. The van der Waals surface area contributed by atoms with Crippen LogP contribution in [0.15, 0.2) is 0 Å². The molecule has 1 aliphatic heterocycles. The van der Waals surface area contributed by atoms with E-state index in [1.807, 2.05) is 0 Å². The molecule has 0 aromatic carbocycles. The first-order chi connectivity index (χ1) is 4.84. The lowest BCUT2D eigenvalue weighted by Gasteiger charge is -2.31. The molecule has 1 rings (SSSR count). The fourth-order valence-corrected chi connectivity index (χ4v) is 1.11. The van der Waals surface area contributed by atoms with Gasteiger partial charge in [0.05, 0.1) is 25.9 Å². The Bertz CT molecular complexity index is 95.6. The Labute approximate surface area is 61.9 Å². The molecule has 60 valence electrons. The lowest BCUT2D eigenvalue weighted by Crippen LogP contribution is -2.45. The highest BCUT2D eigenvalue weighted by Crippen LogP contribution is 2.03. The molecule has 1 heterocycles. The van der Waals surface area contributed by atoms with Gasteiger partial charge in [0.15, 0.2) is 0 Å². The molecular weight excluding hydrogens is 130 g/mol. The van der Waals surface area contributed by atoms with Gasteiger partial charge in [0.2, 0.25) is 0 Å². The van der Waals surface area contributed by atoms with E-state index < -0.39 is 0 Å². The van der Waals surface area contributed by atoms with Gasteiger partial charge in [0, 0.05) is 13.7 Å². The standard InChI is InChI=1S/C7H15NO2/c1-8-3-4-10-6-7(8)5-9-2/h7H,3-6H2,1-2H3/t7-/m0/s1. The van der Waals surface area contributed by atoms with Crippen LogP contribution in [0.1, 0.15) is 0 Å². The third-order valence-corrected chi connectivity index (χ3v) is 1.88. The molecule has 0 N–H and O–H groups in total. The summed E-state index contributed by atoms with van der Waals surface area (Å²) in [6, 6.07) is 0.457. The number of morpholine rings is 1. The Morgan fingerprint density at radius 3 is 3.10 bits per heavy atom. The van der Waals surface area contributed by atoms with Gasteiger partial charge in [-0.2, -0.15) is 0 Å². The van der Waals surface area contributed by atoms with Crippen molar-refractivity contribution in [3.05, 3.63) is 0 Å². The smallest absolute Gasteiger partial charge is 0.0644 e. The molecular formula is C7H15NO2. The van der Waals surface area contributed by atoms with Gasteiger partial charge in [0.25, 0.3) is 0 Å². The molecule has 1 fully saturated rings. The van der Waals surface area contributed by atoms with E-state index in [9.17, 15) is 0 Å². The summed E-state index contributed by atoms with van der Waals surface area (Å²) in [6.07, 6.45) is 0. The second kappa shape index (κ2) is 3.91. The molecule has 0 aromatic heterocycles. The van der Waals surface area contributed by atoms with Gasteiger partial charge in [0.1, 0.15) is 0 Å². The minimum atomic E-state index is 0.457. The Morgan fingerprint density at radius 2 is 2.50 bits per heavy atom. The minimum Gasteiger partial charge on any atom is -0.383 e. The largest absolute Gasteiger partial charge is 0.383 e. The number of hydrogen-bond donors (Lipinski definition) is 0. The topological polar surface area (TPSA) is 21.7 Å². The van der Waals surface area contributed by atoms with E-state index in [0.717, 1.165) is 26.4 Å². The second-order valence-corrected chi connectivity index (χ2v) is 2.66. The summed E-state index contributed by atoms with van der Waals surface area (Å²) in [5.41, 5.74) is 0. The van der Waals surface area contributed by atoms with Gasteiger partial charge in [-0.3, -0.25) is 4.90 Å². The van der Waals surface area contributed by atoms with E-state index in [2.05, 4.69) is 11.9 Å². The van der Waals surface area contributed by atoms with Crippen LogP contribution in [0.4, 0.5) is 0 Å². The van der Waals surface area contributed by atoms with Crippen LogP contribution < -0.4 is 0 Å². The summed E-state index contributed by atoms with van der Waals surface area (Å²) in [4.78, 5) is 2.27. The zero-order valence-corrected chi connectivity index (χ0v) is 6.67. The van der Waals surface area contributed by atoms with E-state index in [1.165, 1.54) is 0 Å². The van der Waals surface area contributed by atoms with Crippen LogP contribution in [0.2, 0.25) is 0 Å². The predicted molar refractivity (Wildman–Crippen MR) is 39.1 cm³/mol. The van der Waals surface area contributed by atoms with Crippen LogP contribution in [0.25, 0.3) is 0 Å². The Balaban J connectivity index is 2.25. The van der Waals surface area contributed by atoms with Crippen molar-refractivity contribution in [3.8, 4) is 0 Å². The molecule has 0 spiro atoms. The summed E-state index contributed by atoms with van der Waals surface area (Å²) in [7, 11) is 3.83. The van der Waals surface area contributed by atoms with Crippen molar-refractivity contribution in [2.24, 2.45) is 0 Å². The second-order valence-electron chi connectivity index (χ2n) is 2.66. The van der Waals surface area contributed by atoms with Crippen LogP contribution in [-0.2, 0) is 9.47 Å². The van der Waals surface area contributed by atoms with Crippen molar-refractivity contribution < 1.29 is 9.47 Å². The molecule has 0 bridgehead atoms. The monoisotopic (exact) mass is 145 g/mol. The van der Waals surface area contributed by atoms with Crippen LogP contribution in [-0.4, -0.2) is 51.5 Å². The van der Waals surface area contributed by atoms with Crippen molar-refractivity contribution in [1.29, 1.82) is 0 Å². The van der Waals surface area contributed by atoms with Crippen LogP contribution >= 0.6 is 0 Å². The number of ether oxygens (including phenoxy) is 2. The molecule has 10 heavy (non-hydrogen) atoms.